The van der Waals surface area contributed by atoms with E-state index in [4.69, 9.17) is 25.8 Å². The number of aromatic nitrogens is 2. The van der Waals surface area contributed by atoms with Crippen LogP contribution in [0.1, 0.15) is 59.1 Å². The first-order valence-electron chi connectivity index (χ1n) is 15.5. The molecule has 2 fully saturated rings. The summed E-state index contributed by atoms with van der Waals surface area (Å²) in [6.07, 6.45) is 2.89. The van der Waals surface area contributed by atoms with E-state index in [9.17, 15) is 14.9 Å². The summed E-state index contributed by atoms with van der Waals surface area (Å²) in [7, 11) is 1.36. The Balaban J connectivity index is 1.62. The second kappa shape index (κ2) is 13.5. The third-order valence-corrected chi connectivity index (χ3v) is 9.24. The Labute approximate surface area is 291 Å². The highest BCUT2D eigenvalue weighted by Gasteiger charge is 2.47. The summed E-state index contributed by atoms with van der Waals surface area (Å²) in [4.78, 5) is 38.2. The number of methoxy groups -OCH3 is 1. The summed E-state index contributed by atoms with van der Waals surface area (Å²) in [6.45, 7) is 14.2. The zero-order valence-corrected chi connectivity index (χ0v) is 29.8. The molecule has 0 spiro atoms. The van der Waals surface area contributed by atoms with Crippen molar-refractivity contribution in [2.45, 2.75) is 71.5 Å². The maximum atomic E-state index is 16.6. The van der Waals surface area contributed by atoms with Gasteiger partial charge in [0.05, 0.1) is 22.2 Å². The van der Waals surface area contributed by atoms with Crippen LogP contribution in [-0.2, 0) is 9.47 Å². The number of fused-ring (bicyclic) bond motifs is 3. The van der Waals surface area contributed by atoms with Crippen molar-refractivity contribution in [3.63, 3.8) is 0 Å². The van der Waals surface area contributed by atoms with Crippen molar-refractivity contribution in [3.05, 3.63) is 50.4 Å². The van der Waals surface area contributed by atoms with Gasteiger partial charge in [-0.25, -0.2) is 18.4 Å². The van der Waals surface area contributed by atoms with E-state index >= 15 is 8.78 Å². The quantitative estimate of drug-likeness (QED) is 0.309. The molecule has 2 aliphatic heterocycles. The van der Waals surface area contributed by atoms with Crippen LogP contribution in [0.5, 0.6) is 6.01 Å². The molecule has 3 aromatic rings. The van der Waals surface area contributed by atoms with Crippen LogP contribution < -0.4 is 24.7 Å². The first-order valence-corrected chi connectivity index (χ1v) is 16.7. The lowest BCUT2D eigenvalue weighted by Gasteiger charge is -2.41. The number of amides is 2. The summed E-state index contributed by atoms with van der Waals surface area (Å²) < 4.78 is 48.0. The Morgan fingerprint density at radius 2 is 1.92 bits per heavy atom. The number of nitriles is 1. The Morgan fingerprint density at radius 3 is 2.51 bits per heavy atom. The number of halogens is 3. The first kappa shape index (κ1) is 35.9. The molecule has 0 radical (unpaired) electrons. The highest BCUT2D eigenvalue weighted by Crippen LogP contribution is 2.38. The predicted octanol–water partition coefficient (Wildman–Crippen LogP) is 6.16. The van der Waals surface area contributed by atoms with Crippen LogP contribution in [0.2, 0.25) is 11.3 Å². The van der Waals surface area contributed by atoms with Gasteiger partial charge in [-0.1, -0.05) is 18.2 Å². The molecule has 0 aliphatic carbocycles. The molecule has 0 saturated carbocycles. The van der Waals surface area contributed by atoms with E-state index in [1.807, 2.05) is 31.7 Å². The molecule has 2 aromatic heterocycles. The molecular weight excluding hydrogens is 677 g/mol. The molecule has 5 rings (SSSR count). The number of nitrogens with zero attached hydrogens (tertiary/aromatic N) is 5. The maximum absolute atomic E-state index is 16.6. The lowest BCUT2D eigenvalue weighted by molar-refractivity contribution is 0.0337. The molecule has 2 bridgehead atoms. The molecule has 258 valence electrons. The monoisotopic (exact) mass is 712 g/mol. The third kappa shape index (κ3) is 7.45. The normalized spacial score (nSPS) is 17.2. The van der Waals surface area contributed by atoms with Crippen molar-refractivity contribution in [2.75, 3.05) is 30.3 Å². The molecule has 4 heterocycles. The Bertz CT molecular complexity index is 2010. The van der Waals surface area contributed by atoms with Crippen LogP contribution in [0.4, 0.5) is 29.2 Å². The number of thiophene rings is 1. The fraction of sp³-hybridized carbons (Fsp3) is 0.424. The van der Waals surface area contributed by atoms with Gasteiger partial charge in [0.25, 0.3) is 6.85 Å². The molecule has 16 heteroatoms. The molecule has 49 heavy (non-hydrogen) atoms. The second-order valence-corrected chi connectivity index (χ2v) is 15.1. The fourth-order valence-electron chi connectivity index (χ4n) is 5.92. The van der Waals surface area contributed by atoms with Gasteiger partial charge in [0.15, 0.2) is 5.82 Å². The summed E-state index contributed by atoms with van der Waals surface area (Å²) in [5.74, 6) is -1.28. The van der Waals surface area contributed by atoms with E-state index in [0.29, 0.717) is 24.2 Å². The number of hydrogen-bond donors (Lipinski definition) is 1. The van der Waals surface area contributed by atoms with Crippen LogP contribution in [0.25, 0.3) is 22.8 Å². The second-order valence-electron chi connectivity index (χ2n) is 13.7. The van der Waals surface area contributed by atoms with Crippen molar-refractivity contribution in [3.8, 4) is 12.1 Å². The van der Waals surface area contributed by atoms with Crippen molar-refractivity contribution < 1.29 is 32.6 Å². The van der Waals surface area contributed by atoms with E-state index < -0.39 is 28.9 Å². The van der Waals surface area contributed by atoms with Gasteiger partial charge >= 0.3 is 18.2 Å². The minimum absolute atomic E-state index is 0.00115. The molecule has 11 nitrogen and oxygen atoms in total. The van der Waals surface area contributed by atoms with E-state index in [-0.39, 0.29) is 61.4 Å². The highest BCUT2D eigenvalue weighted by molar-refractivity contribution is 7.14. The van der Waals surface area contributed by atoms with Crippen molar-refractivity contribution in [1.82, 2.24) is 14.8 Å². The summed E-state index contributed by atoms with van der Waals surface area (Å²) in [5.41, 5.74) is -1.89. The zero-order chi connectivity index (χ0) is 36.0. The number of ether oxygens (including phenoxy) is 3. The molecule has 1 aromatic carbocycles. The van der Waals surface area contributed by atoms with Gasteiger partial charge in [0.1, 0.15) is 39.4 Å². The molecule has 1 N–H and O–H groups in total. The topological polar surface area (TPSA) is 130 Å². The first-order chi connectivity index (χ1) is 22.9. The Hall–Kier alpha value is -4.42. The van der Waals surface area contributed by atoms with Crippen LogP contribution in [0.15, 0.2) is 18.7 Å². The summed E-state index contributed by atoms with van der Waals surface area (Å²) in [6, 6.07) is 3.23. The van der Waals surface area contributed by atoms with Gasteiger partial charge in [-0.15, -0.1) is 11.3 Å². The minimum atomic E-state index is -0.860. The van der Waals surface area contributed by atoms with Gasteiger partial charge in [-0.2, -0.15) is 15.2 Å². The number of benzene rings is 1. The molecular formula is C33H36BClF2N6O5S. The van der Waals surface area contributed by atoms with E-state index in [0.717, 1.165) is 30.2 Å². The summed E-state index contributed by atoms with van der Waals surface area (Å²) in [5, 5.41) is 12.8. The van der Waals surface area contributed by atoms with E-state index in [1.165, 1.54) is 19.3 Å². The van der Waals surface area contributed by atoms with E-state index in [1.54, 1.807) is 25.6 Å². The number of rotatable bonds is 5. The van der Waals surface area contributed by atoms with Crippen LogP contribution in [0.3, 0.4) is 0 Å². The van der Waals surface area contributed by atoms with Gasteiger partial charge in [0.2, 0.25) is 0 Å². The standard InChI is InChI=1S/C33H36BClF2N6O5S/c1-9-23(36)26-18(21(14-38)28(49-26)41-30(44)47-32(2,3)4)12-19-22(35)13-20-25(24(19)37)39-29(46-8)40-27(20)42-15-17-10-11-34(16-42)43(17)31(45)48-33(5,6)7/h9,12-13,17H,1,10-11,15-16H2,2-8H3,(H,41,44)/b18-12+,26-23-. The van der Waals surface area contributed by atoms with Crippen molar-refractivity contribution in [1.29, 1.82) is 5.26 Å². The van der Waals surface area contributed by atoms with Gasteiger partial charge in [0, 0.05) is 35.2 Å². The molecule has 2 amide bonds. The number of nitrogens with one attached hydrogen (secondary N) is 1. The molecule has 2 aliphatic rings. The average molecular weight is 713 g/mol. The third-order valence-electron chi connectivity index (χ3n) is 7.80. The van der Waals surface area contributed by atoms with Crippen LogP contribution in [0, 0.1) is 17.1 Å². The smallest absolute Gasteiger partial charge is 0.412 e. The Kier molecular flexibility index (Phi) is 9.87. The Morgan fingerprint density at radius 1 is 1.22 bits per heavy atom. The number of anilines is 2. The largest absolute Gasteiger partial charge is 0.467 e. The lowest BCUT2D eigenvalue weighted by Crippen LogP contribution is -2.59. The maximum Gasteiger partial charge on any atom is 0.412 e. The van der Waals surface area contributed by atoms with Gasteiger partial charge < -0.3 is 23.9 Å². The number of allylic oxidation sites excluding steroid dienone is 1. The van der Waals surface area contributed by atoms with Crippen LogP contribution >= 0.6 is 22.9 Å². The van der Waals surface area contributed by atoms with Gasteiger partial charge in [-0.3, -0.25) is 5.32 Å². The fourth-order valence-corrected chi connectivity index (χ4v) is 7.21. The van der Waals surface area contributed by atoms with Gasteiger partial charge in [-0.05, 0) is 72.5 Å². The van der Waals surface area contributed by atoms with E-state index in [2.05, 4.69) is 21.9 Å². The molecule has 1 unspecified atom stereocenters. The zero-order valence-electron chi connectivity index (χ0n) is 28.2. The molecule has 1 atom stereocenters. The van der Waals surface area contributed by atoms with Crippen molar-refractivity contribution in [2.24, 2.45) is 0 Å². The average Bonchev–Trinajstić information content (AvgIpc) is 3.48. The minimum Gasteiger partial charge on any atom is -0.467 e. The lowest BCUT2D eigenvalue weighted by atomic mass is 9.59. The highest BCUT2D eigenvalue weighted by atomic mass is 35.5. The summed E-state index contributed by atoms with van der Waals surface area (Å²) >= 11 is 7.50. The SMILES string of the molecule is C=C/C(F)=c1/sc(NC(=O)OC(C)(C)C)c(C#N)/c1=C\c1c(Cl)cc2c(N3CB4CCC(C3)N4C(=O)OC(C)(C)C)nc(OC)nc2c1F. The number of carbonyl (C=O) groups excluding carboxylic acids is 2. The number of hydrogen-bond acceptors (Lipinski definition) is 10. The number of carbonyl (C=O) groups is 2. The molecule has 2 saturated heterocycles. The van der Waals surface area contributed by atoms with Crippen LogP contribution in [-0.4, -0.2) is 71.2 Å². The predicted molar refractivity (Wildman–Crippen MR) is 187 cm³/mol. The van der Waals surface area contributed by atoms with Crippen molar-refractivity contribution >= 4 is 75.6 Å².